The van der Waals surface area contributed by atoms with Crippen LogP contribution in [0.3, 0.4) is 0 Å². The molecule has 100 valence electrons. The van der Waals surface area contributed by atoms with Gasteiger partial charge < -0.3 is 15.8 Å². The fourth-order valence-electron chi connectivity index (χ4n) is 2.57. The van der Waals surface area contributed by atoms with Crippen LogP contribution in [-0.4, -0.2) is 23.8 Å². The molecule has 4 heteroatoms. The maximum atomic E-state index is 11.9. The lowest BCUT2D eigenvalue weighted by Gasteiger charge is -2.41. The Morgan fingerprint density at radius 3 is 2.29 bits per heavy atom. The molecule has 0 saturated heterocycles. The number of nitrogens with two attached hydrogens (primary N) is 1. The Hall–Kier alpha value is -0.770. The van der Waals surface area contributed by atoms with Gasteiger partial charge in [0.25, 0.3) is 0 Å². The largest absolute Gasteiger partial charge is 0.444 e. The number of nitrogens with one attached hydrogen (secondary N) is 1. The van der Waals surface area contributed by atoms with Gasteiger partial charge in [0.15, 0.2) is 0 Å². The number of hydrogen-bond acceptors (Lipinski definition) is 3. The van der Waals surface area contributed by atoms with Crippen LogP contribution in [0.25, 0.3) is 0 Å². The summed E-state index contributed by atoms with van der Waals surface area (Å²) in [6, 6.07) is 0. The summed E-state index contributed by atoms with van der Waals surface area (Å²) in [5.74, 6) is 0. The van der Waals surface area contributed by atoms with Gasteiger partial charge in [0.1, 0.15) is 5.60 Å². The van der Waals surface area contributed by atoms with Gasteiger partial charge in [-0.1, -0.05) is 20.3 Å². The zero-order valence-electron chi connectivity index (χ0n) is 11.7. The van der Waals surface area contributed by atoms with Crippen LogP contribution in [0.2, 0.25) is 0 Å². The summed E-state index contributed by atoms with van der Waals surface area (Å²) in [6.45, 7) is 10.4. The van der Waals surface area contributed by atoms with E-state index in [4.69, 9.17) is 10.5 Å². The molecular formula is C13H26N2O2. The summed E-state index contributed by atoms with van der Waals surface area (Å²) in [6.07, 6.45) is 2.74. The fraction of sp³-hybridized carbons (Fsp3) is 0.923. The molecule has 1 amide bonds. The van der Waals surface area contributed by atoms with E-state index in [0.717, 1.165) is 19.3 Å². The van der Waals surface area contributed by atoms with E-state index in [0.29, 0.717) is 6.54 Å². The van der Waals surface area contributed by atoms with Crippen LogP contribution in [0.4, 0.5) is 4.79 Å². The summed E-state index contributed by atoms with van der Waals surface area (Å²) in [5.41, 5.74) is 5.12. The van der Waals surface area contributed by atoms with Crippen molar-refractivity contribution in [3.63, 3.8) is 0 Å². The van der Waals surface area contributed by atoms with E-state index in [1.165, 1.54) is 0 Å². The van der Waals surface area contributed by atoms with E-state index in [2.05, 4.69) is 19.2 Å². The highest BCUT2D eigenvalue weighted by Gasteiger charge is 2.49. The van der Waals surface area contributed by atoms with E-state index in [1.54, 1.807) is 0 Å². The fourth-order valence-corrected chi connectivity index (χ4v) is 2.57. The topological polar surface area (TPSA) is 64.3 Å². The molecule has 4 nitrogen and oxygen atoms in total. The average Bonchev–Trinajstić information content (AvgIpc) is 2.39. The molecule has 0 aromatic heterocycles. The maximum absolute atomic E-state index is 11.9. The highest BCUT2D eigenvalue weighted by Crippen LogP contribution is 2.45. The molecule has 1 atom stereocenters. The van der Waals surface area contributed by atoms with Gasteiger partial charge in [-0.3, -0.25) is 0 Å². The lowest BCUT2D eigenvalue weighted by Crippen LogP contribution is -2.60. The van der Waals surface area contributed by atoms with E-state index >= 15 is 0 Å². The third-order valence-electron chi connectivity index (χ3n) is 3.79. The first-order valence-corrected chi connectivity index (χ1v) is 6.33. The Kier molecular flexibility index (Phi) is 3.77. The second kappa shape index (κ2) is 4.48. The van der Waals surface area contributed by atoms with Crippen molar-refractivity contribution in [1.82, 2.24) is 5.32 Å². The zero-order chi connectivity index (χ0) is 13.3. The molecule has 0 aromatic rings. The lowest BCUT2D eigenvalue weighted by molar-refractivity contribution is 0.0374. The summed E-state index contributed by atoms with van der Waals surface area (Å²) in [4.78, 5) is 11.9. The molecule has 1 aliphatic carbocycles. The summed E-state index contributed by atoms with van der Waals surface area (Å²) in [7, 11) is 0. The normalized spacial score (nSPS) is 27.9. The SMILES string of the molecule is CC(C)(C)OC(=O)NC1(CN)CCCC1(C)C. The number of rotatable bonds is 2. The minimum atomic E-state index is -0.470. The van der Waals surface area contributed by atoms with Crippen molar-refractivity contribution in [3.8, 4) is 0 Å². The summed E-state index contributed by atoms with van der Waals surface area (Å²) >= 11 is 0. The summed E-state index contributed by atoms with van der Waals surface area (Å²) in [5, 5.41) is 3.00. The van der Waals surface area contributed by atoms with Crippen molar-refractivity contribution >= 4 is 6.09 Å². The van der Waals surface area contributed by atoms with Crippen LogP contribution in [-0.2, 0) is 4.74 Å². The first-order chi connectivity index (χ1) is 7.62. The molecule has 3 N–H and O–H groups in total. The molecule has 0 bridgehead atoms. The highest BCUT2D eigenvalue weighted by molar-refractivity contribution is 5.69. The Morgan fingerprint density at radius 1 is 1.35 bits per heavy atom. The van der Waals surface area contributed by atoms with Gasteiger partial charge in [-0.15, -0.1) is 0 Å². The predicted molar refractivity (Wildman–Crippen MR) is 68.8 cm³/mol. The standard InChI is InChI=1S/C13H26N2O2/c1-11(2,3)17-10(16)15-13(9-14)8-6-7-12(13,4)5/h6-9,14H2,1-5H3,(H,15,16). The number of carbonyl (C=O) groups is 1. The molecule has 0 radical (unpaired) electrons. The van der Waals surface area contributed by atoms with Gasteiger partial charge >= 0.3 is 6.09 Å². The second-order valence-electron chi connectivity index (χ2n) is 6.65. The van der Waals surface area contributed by atoms with Crippen molar-refractivity contribution in [2.24, 2.45) is 11.1 Å². The predicted octanol–water partition coefficient (Wildman–Crippen LogP) is 2.42. The third-order valence-corrected chi connectivity index (χ3v) is 3.79. The van der Waals surface area contributed by atoms with Crippen LogP contribution in [0.1, 0.15) is 53.9 Å². The van der Waals surface area contributed by atoms with Gasteiger partial charge in [0.2, 0.25) is 0 Å². The molecule has 0 aromatic carbocycles. The maximum Gasteiger partial charge on any atom is 0.408 e. The molecule has 1 saturated carbocycles. The Bertz CT molecular complexity index is 294. The monoisotopic (exact) mass is 242 g/mol. The molecule has 0 heterocycles. The van der Waals surface area contributed by atoms with Gasteiger partial charge in [-0.2, -0.15) is 0 Å². The zero-order valence-corrected chi connectivity index (χ0v) is 11.7. The van der Waals surface area contributed by atoms with Crippen molar-refractivity contribution in [2.75, 3.05) is 6.54 Å². The minimum absolute atomic E-state index is 0.0264. The van der Waals surface area contributed by atoms with Gasteiger partial charge in [0.05, 0.1) is 5.54 Å². The minimum Gasteiger partial charge on any atom is -0.444 e. The van der Waals surface area contributed by atoms with Gasteiger partial charge in [0, 0.05) is 6.54 Å². The highest BCUT2D eigenvalue weighted by atomic mass is 16.6. The van der Waals surface area contributed by atoms with Crippen LogP contribution < -0.4 is 11.1 Å². The van der Waals surface area contributed by atoms with Crippen LogP contribution in [0.5, 0.6) is 0 Å². The number of ether oxygens (including phenoxy) is 1. The average molecular weight is 242 g/mol. The van der Waals surface area contributed by atoms with E-state index in [-0.39, 0.29) is 17.0 Å². The summed E-state index contributed by atoms with van der Waals surface area (Å²) < 4.78 is 5.31. The third kappa shape index (κ3) is 3.12. The van der Waals surface area contributed by atoms with E-state index in [1.807, 2.05) is 20.8 Å². The molecule has 1 rings (SSSR count). The molecule has 17 heavy (non-hydrogen) atoms. The second-order valence-corrected chi connectivity index (χ2v) is 6.65. The van der Waals surface area contributed by atoms with E-state index in [9.17, 15) is 4.79 Å². The quantitative estimate of drug-likeness (QED) is 0.781. The molecule has 0 aliphatic heterocycles. The smallest absolute Gasteiger partial charge is 0.408 e. The first kappa shape index (κ1) is 14.3. The van der Waals surface area contributed by atoms with Crippen LogP contribution >= 0.6 is 0 Å². The van der Waals surface area contributed by atoms with Crippen molar-refractivity contribution in [2.45, 2.75) is 65.0 Å². The Morgan fingerprint density at radius 2 is 1.94 bits per heavy atom. The van der Waals surface area contributed by atoms with Gasteiger partial charge in [-0.25, -0.2) is 4.79 Å². The van der Waals surface area contributed by atoms with Crippen LogP contribution in [0, 0.1) is 5.41 Å². The Balaban J connectivity index is 2.74. The molecule has 1 fully saturated rings. The van der Waals surface area contributed by atoms with E-state index < -0.39 is 5.60 Å². The van der Waals surface area contributed by atoms with Crippen molar-refractivity contribution in [1.29, 1.82) is 0 Å². The molecule has 0 spiro atoms. The van der Waals surface area contributed by atoms with Gasteiger partial charge in [-0.05, 0) is 39.0 Å². The molecular weight excluding hydrogens is 216 g/mol. The number of amides is 1. The first-order valence-electron chi connectivity index (χ1n) is 6.33. The molecule has 1 unspecified atom stereocenters. The molecule has 1 aliphatic rings. The number of hydrogen-bond donors (Lipinski definition) is 2. The Labute approximate surface area is 104 Å². The number of carbonyl (C=O) groups excluding carboxylic acids is 1. The lowest BCUT2D eigenvalue weighted by atomic mass is 9.75. The van der Waals surface area contributed by atoms with Crippen molar-refractivity contribution < 1.29 is 9.53 Å². The number of alkyl carbamates (subject to hydrolysis) is 1. The van der Waals surface area contributed by atoms with Crippen molar-refractivity contribution in [3.05, 3.63) is 0 Å². The van der Waals surface area contributed by atoms with Crippen LogP contribution in [0.15, 0.2) is 0 Å².